The number of nitrogens with one attached hydrogen (secondary N) is 1. The lowest BCUT2D eigenvalue weighted by Crippen LogP contribution is -2.34. The summed E-state index contributed by atoms with van der Waals surface area (Å²) in [7, 11) is 0. The van der Waals surface area contributed by atoms with Crippen molar-refractivity contribution in [3.63, 3.8) is 0 Å². The molecule has 0 spiro atoms. The Morgan fingerprint density at radius 1 is 1.56 bits per heavy atom. The fraction of sp³-hybridized carbons (Fsp3) is 0.500. The van der Waals surface area contributed by atoms with Crippen LogP contribution in [0.4, 0.5) is 5.95 Å². The van der Waals surface area contributed by atoms with Gasteiger partial charge in [-0.05, 0) is 38.3 Å². The molecule has 0 radical (unpaired) electrons. The summed E-state index contributed by atoms with van der Waals surface area (Å²) in [6.45, 7) is 3.01. The Labute approximate surface area is 106 Å². The summed E-state index contributed by atoms with van der Waals surface area (Å²) in [4.78, 5) is 16.5. The van der Waals surface area contributed by atoms with Crippen LogP contribution in [0.15, 0.2) is 28.4 Å². The molecular formula is C12H18N6. The molecule has 0 bridgehead atoms. The molecule has 1 saturated carbocycles. The van der Waals surface area contributed by atoms with Crippen molar-refractivity contribution in [2.24, 2.45) is 21.6 Å². The van der Waals surface area contributed by atoms with Gasteiger partial charge in [0, 0.05) is 12.4 Å². The molecule has 18 heavy (non-hydrogen) atoms. The maximum Gasteiger partial charge on any atom is 0.251 e. The summed E-state index contributed by atoms with van der Waals surface area (Å²) < 4.78 is 0. The third-order valence-electron chi connectivity index (χ3n) is 2.77. The normalized spacial score (nSPS) is 18.2. The average Bonchev–Trinajstić information content (AvgIpc) is 3.21. The number of rotatable bonds is 5. The second-order valence-electron chi connectivity index (χ2n) is 4.37. The molecule has 3 N–H and O–H groups in total. The van der Waals surface area contributed by atoms with E-state index >= 15 is 0 Å². The third-order valence-corrected chi connectivity index (χ3v) is 2.77. The first-order chi connectivity index (χ1) is 8.79. The first kappa shape index (κ1) is 12.6. The van der Waals surface area contributed by atoms with E-state index in [1.165, 1.54) is 19.2 Å². The summed E-state index contributed by atoms with van der Waals surface area (Å²) in [5, 5.41) is 3.39. The van der Waals surface area contributed by atoms with E-state index in [4.69, 9.17) is 5.73 Å². The van der Waals surface area contributed by atoms with Crippen LogP contribution in [0.5, 0.6) is 0 Å². The van der Waals surface area contributed by atoms with Crippen molar-refractivity contribution >= 4 is 18.1 Å². The van der Waals surface area contributed by atoms with Crippen LogP contribution >= 0.6 is 0 Å². The lowest BCUT2D eigenvalue weighted by molar-refractivity contribution is 0.611. The number of aliphatic imine (C=N–C) groups is 2. The minimum Gasteiger partial charge on any atom is -0.390 e. The summed E-state index contributed by atoms with van der Waals surface area (Å²) >= 11 is 0. The lowest BCUT2D eigenvalue weighted by Gasteiger charge is -2.12. The highest BCUT2D eigenvalue weighted by atomic mass is 15.1. The summed E-state index contributed by atoms with van der Waals surface area (Å²) in [6, 6.07) is 1.79. The molecule has 1 unspecified atom stereocenters. The highest BCUT2D eigenvalue weighted by Gasteiger charge is 2.22. The summed E-state index contributed by atoms with van der Waals surface area (Å²) in [5.41, 5.74) is 5.35. The van der Waals surface area contributed by atoms with E-state index in [2.05, 4.69) is 25.3 Å². The number of amidine groups is 1. The van der Waals surface area contributed by atoms with Crippen LogP contribution in [0.3, 0.4) is 0 Å². The zero-order chi connectivity index (χ0) is 12.8. The van der Waals surface area contributed by atoms with Gasteiger partial charge in [0.1, 0.15) is 0 Å². The van der Waals surface area contributed by atoms with Crippen molar-refractivity contribution in [3.8, 4) is 0 Å². The Kier molecular flexibility index (Phi) is 4.35. The highest BCUT2D eigenvalue weighted by molar-refractivity contribution is 5.94. The zero-order valence-electron chi connectivity index (χ0n) is 10.5. The van der Waals surface area contributed by atoms with Gasteiger partial charge < -0.3 is 11.1 Å². The van der Waals surface area contributed by atoms with Gasteiger partial charge in [-0.1, -0.05) is 0 Å². The maximum atomic E-state index is 5.35. The van der Waals surface area contributed by atoms with Gasteiger partial charge in [-0.25, -0.2) is 15.0 Å². The van der Waals surface area contributed by atoms with E-state index in [0.717, 1.165) is 12.5 Å². The van der Waals surface area contributed by atoms with Crippen molar-refractivity contribution in [2.75, 3.05) is 6.54 Å². The number of nitrogens with zero attached hydrogens (tertiary/aromatic N) is 4. The van der Waals surface area contributed by atoms with E-state index in [1.807, 2.05) is 6.92 Å². The molecule has 6 heteroatoms. The molecule has 1 aliphatic carbocycles. The molecule has 0 aromatic carbocycles. The molecule has 1 aromatic rings. The summed E-state index contributed by atoms with van der Waals surface area (Å²) in [6.07, 6.45) is 7.18. The van der Waals surface area contributed by atoms with E-state index in [0.29, 0.717) is 11.8 Å². The second kappa shape index (κ2) is 6.20. The Bertz CT molecular complexity index is 423. The predicted molar refractivity (Wildman–Crippen MR) is 72.0 cm³/mol. The molecule has 1 aliphatic rings. The molecule has 1 heterocycles. The van der Waals surface area contributed by atoms with Crippen molar-refractivity contribution in [1.29, 1.82) is 0 Å². The standard InChI is InChI=1S/C12H18N6/c1-9(16-7-10-3-4-10)11(17-8-13)18-12-14-5-2-6-15-12/h2,5-6,8-10,16H,3-4,7H2,1H3,(H2,13,14,15,17,18). The van der Waals surface area contributed by atoms with Crippen LogP contribution < -0.4 is 11.1 Å². The van der Waals surface area contributed by atoms with E-state index in [9.17, 15) is 0 Å². The highest BCUT2D eigenvalue weighted by Crippen LogP contribution is 2.27. The van der Waals surface area contributed by atoms with Crippen LogP contribution in [-0.2, 0) is 0 Å². The Morgan fingerprint density at radius 2 is 2.28 bits per heavy atom. The molecule has 0 amide bonds. The topological polar surface area (TPSA) is 88.5 Å². The second-order valence-corrected chi connectivity index (χ2v) is 4.37. The minimum atomic E-state index is 0.0363. The molecule has 1 fully saturated rings. The van der Waals surface area contributed by atoms with E-state index < -0.39 is 0 Å². The SMILES string of the molecule is CC(NCC1CC1)/C(N=CN)=N\c1ncccn1. The molecule has 6 nitrogen and oxygen atoms in total. The van der Waals surface area contributed by atoms with Gasteiger partial charge in [0.2, 0.25) is 0 Å². The predicted octanol–water partition coefficient (Wildman–Crippen LogP) is 0.882. The Morgan fingerprint density at radius 3 is 2.89 bits per heavy atom. The first-order valence-corrected chi connectivity index (χ1v) is 6.13. The monoisotopic (exact) mass is 246 g/mol. The molecule has 96 valence electrons. The van der Waals surface area contributed by atoms with Gasteiger partial charge >= 0.3 is 0 Å². The summed E-state index contributed by atoms with van der Waals surface area (Å²) in [5.74, 6) is 1.81. The lowest BCUT2D eigenvalue weighted by atomic mass is 10.3. The number of hydrogen-bond donors (Lipinski definition) is 2. The third kappa shape index (κ3) is 3.89. The van der Waals surface area contributed by atoms with Crippen LogP contribution in [-0.4, -0.2) is 34.7 Å². The van der Waals surface area contributed by atoms with Crippen molar-refractivity contribution < 1.29 is 0 Å². The Balaban J connectivity index is 2.03. The van der Waals surface area contributed by atoms with Gasteiger partial charge in [0.15, 0.2) is 5.84 Å². The molecule has 1 atom stereocenters. The average molecular weight is 246 g/mol. The van der Waals surface area contributed by atoms with E-state index in [1.54, 1.807) is 18.5 Å². The molecule has 1 aromatic heterocycles. The van der Waals surface area contributed by atoms with Crippen LogP contribution in [0.1, 0.15) is 19.8 Å². The van der Waals surface area contributed by atoms with Crippen molar-refractivity contribution in [2.45, 2.75) is 25.8 Å². The van der Waals surface area contributed by atoms with Crippen LogP contribution in [0.25, 0.3) is 0 Å². The number of aromatic nitrogens is 2. The van der Waals surface area contributed by atoms with Gasteiger partial charge in [-0.2, -0.15) is 4.99 Å². The number of hydrogen-bond acceptors (Lipinski definition) is 4. The zero-order valence-corrected chi connectivity index (χ0v) is 10.5. The molecular weight excluding hydrogens is 228 g/mol. The van der Waals surface area contributed by atoms with Gasteiger partial charge in [-0.3, -0.25) is 0 Å². The Hall–Kier alpha value is -1.82. The number of nitrogens with two attached hydrogens (primary N) is 1. The first-order valence-electron chi connectivity index (χ1n) is 6.13. The van der Waals surface area contributed by atoms with Gasteiger partial charge in [0.25, 0.3) is 5.95 Å². The van der Waals surface area contributed by atoms with E-state index in [-0.39, 0.29) is 6.04 Å². The van der Waals surface area contributed by atoms with Crippen molar-refractivity contribution in [3.05, 3.63) is 18.5 Å². The van der Waals surface area contributed by atoms with Gasteiger partial charge in [-0.15, -0.1) is 0 Å². The smallest absolute Gasteiger partial charge is 0.251 e. The van der Waals surface area contributed by atoms with Crippen LogP contribution in [0.2, 0.25) is 0 Å². The maximum absolute atomic E-state index is 5.35. The van der Waals surface area contributed by atoms with Crippen LogP contribution in [0, 0.1) is 5.92 Å². The minimum absolute atomic E-state index is 0.0363. The fourth-order valence-electron chi connectivity index (χ4n) is 1.52. The molecule has 0 saturated heterocycles. The van der Waals surface area contributed by atoms with Gasteiger partial charge in [0.05, 0.1) is 12.4 Å². The largest absolute Gasteiger partial charge is 0.390 e. The fourth-order valence-corrected chi connectivity index (χ4v) is 1.52. The quantitative estimate of drug-likeness (QED) is 0.596. The molecule has 2 rings (SSSR count). The molecule has 0 aliphatic heterocycles. The van der Waals surface area contributed by atoms with Crippen molar-refractivity contribution in [1.82, 2.24) is 15.3 Å².